The van der Waals surface area contributed by atoms with Gasteiger partial charge in [0.25, 0.3) is 0 Å². The van der Waals surface area contributed by atoms with Gasteiger partial charge in [0.05, 0.1) is 66.3 Å². The number of nitrogens with zero attached hydrogens (tertiary/aromatic N) is 13. The maximum Gasteiger partial charge on any atom is 0.182 e. The van der Waals surface area contributed by atoms with Crippen molar-refractivity contribution in [3.63, 3.8) is 0 Å². The maximum absolute atomic E-state index is 6.47. The van der Waals surface area contributed by atoms with E-state index in [0.29, 0.717) is 46.5 Å². The summed E-state index contributed by atoms with van der Waals surface area (Å²) in [6, 6.07) is 161. The summed E-state index contributed by atoms with van der Waals surface area (Å²) in [4.78, 5) is 44.6. The number of hydrogen-bond acceptors (Lipinski definition) is 11. The Hall–Kier alpha value is -19.0. The van der Waals surface area contributed by atoms with E-state index in [0.717, 1.165) is 166 Å². The van der Waals surface area contributed by atoms with Crippen LogP contribution in [0.5, 0.6) is 0 Å². The number of furan rings is 2. The molecule has 10 aromatic heterocycles. The minimum Gasteiger partial charge on any atom is -0.455 e. The lowest BCUT2D eigenvalue weighted by atomic mass is 10.1. The molecule has 0 radical (unpaired) electrons. The fraction of sp³-hybridized carbons (Fsp3) is 0.0160. The van der Waals surface area contributed by atoms with Crippen molar-refractivity contribution in [1.29, 1.82) is 0 Å². The zero-order chi connectivity index (χ0) is 91.1. The summed E-state index contributed by atoms with van der Waals surface area (Å²) in [7, 11) is 0. The molecule has 140 heavy (non-hydrogen) atoms. The molecule has 0 amide bonds. The van der Waals surface area contributed by atoms with Gasteiger partial charge in [0.15, 0.2) is 40.8 Å². The van der Waals surface area contributed by atoms with Crippen molar-refractivity contribution < 1.29 is 8.83 Å². The van der Waals surface area contributed by atoms with Crippen LogP contribution in [-0.4, -0.2) is 63.1 Å². The summed E-state index contributed by atoms with van der Waals surface area (Å²) in [5.41, 5.74) is 26.1. The first-order valence-corrected chi connectivity index (χ1v) is 46.1. The summed E-state index contributed by atoms with van der Waals surface area (Å²) < 4.78 is 22.2. The summed E-state index contributed by atoms with van der Waals surface area (Å²) in [5.74, 6) is 5.12. The first kappa shape index (κ1) is 84.0. The van der Waals surface area contributed by atoms with E-state index in [-0.39, 0.29) is 14.9 Å². The monoisotopic (exact) mass is 1800 g/mol. The molecule has 28 rings (SSSR count). The molecule has 0 unspecified atom stereocenters. The normalized spacial score (nSPS) is 11.5. The first-order chi connectivity index (χ1) is 68.4. The fourth-order valence-corrected chi connectivity index (χ4v) is 19.7. The van der Waals surface area contributed by atoms with Gasteiger partial charge in [-0.25, -0.2) is 44.9 Å². The molecule has 0 bridgehead atoms. The van der Waals surface area contributed by atoms with Gasteiger partial charge in [-0.05, 0) is 152 Å². The van der Waals surface area contributed by atoms with Crippen molar-refractivity contribution >= 4 is 131 Å². The second-order valence-corrected chi connectivity index (χ2v) is 34.2. The zero-order valence-corrected chi connectivity index (χ0v) is 74.1. The van der Waals surface area contributed by atoms with Crippen LogP contribution in [0.15, 0.2) is 476 Å². The van der Waals surface area contributed by atoms with E-state index < -0.39 is 0 Å². The molecular formula is C125H85N13O2. The van der Waals surface area contributed by atoms with Crippen molar-refractivity contribution in [2.45, 2.75) is 14.9 Å². The molecule has 28 aromatic rings. The fourth-order valence-electron chi connectivity index (χ4n) is 19.7. The van der Waals surface area contributed by atoms with E-state index in [9.17, 15) is 0 Å². The number of rotatable bonds is 13. The summed E-state index contributed by atoms with van der Waals surface area (Å²) in [5, 5.41) is 13.9. The highest BCUT2D eigenvalue weighted by molar-refractivity contribution is 6.26. The molecule has 0 aliphatic rings. The van der Waals surface area contributed by atoms with E-state index in [2.05, 4.69) is 279 Å². The number of fused-ring (bicyclic) bond motifs is 20. The van der Waals surface area contributed by atoms with Crippen LogP contribution in [0.3, 0.4) is 0 Å². The van der Waals surface area contributed by atoms with Crippen LogP contribution in [0.1, 0.15) is 14.9 Å². The average Bonchev–Trinajstić information content (AvgIpc) is 1.56. The minimum atomic E-state index is 0. The number of hydrogen-bond donors (Lipinski definition) is 0. The van der Waals surface area contributed by atoms with Crippen molar-refractivity contribution in [2.75, 3.05) is 0 Å². The van der Waals surface area contributed by atoms with Gasteiger partial charge in [-0.1, -0.05) is 330 Å². The van der Waals surface area contributed by atoms with Crippen LogP contribution in [-0.2, 0) is 0 Å². The molecule has 15 nitrogen and oxygen atoms in total. The van der Waals surface area contributed by atoms with Crippen molar-refractivity contribution in [3.05, 3.63) is 467 Å². The van der Waals surface area contributed by atoms with Crippen LogP contribution >= 0.6 is 0 Å². The van der Waals surface area contributed by atoms with Crippen molar-refractivity contribution in [2.24, 2.45) is 0 Å². The highest BCUT2D eigenvalue weighted by Gasteiger charge is 2.26. The van der Waals surface area contributed by atoms with Crippen LogP contribution in [0.25, 0.3) is 256 Å². The van der Waals surface area contributed by atoms with Crippen LogP contribution < -0.4 is 0 Å². The minimum absolute atomic E-state index is 0. The van der Waals surface area contributed by atoms with E-state index in [1.54, 1.807) is 0 Å². The van der Waals surface area contributed by atoms with Gasteiger partial charge in [-0.15, -0.1) is 0 Å². The zero-order valence-electron chi connectivity index (χ0n) is 74.1. The van der Waals surface area contributed by atoms with Gasteiger partial charge in [0.2, 0.25) is 0 Å². The van der Waals surface area contributed by atoms with E-state index >= 15 is 0 Å². The molecule has 0 saturated heterocycles. The molecule has 0 aliphatic carbocycles. The number of benzene rings is 18. The molecule has 0 saturated carbocycles. The summed E-state index contributed by atoms with van der Waals surface area (Å²) >= 11 is 0. The Morgan fingerprint density at radius 2 is 0.457 bits per heavy atom. The smallest absolute Gasteiger partial charge is 0.182 e. The number of para-hydroxylation sites is 7. The van der Waals surface area contributed by atoms with Crippen LogP contribution in [0, 0.1) is 0 Å². The van der Waals surface area contributed by atoms with Gasteiger partial charge in [0.1, 0.15) is 33.8 Å². The van der Waals surface area contributed by atoms with Crippen molar-refractivity contribution in [1.82, 2.24) is 63.1 Å². The number of aromatic nitrogens is 13. The van der Waals surface area contributed by atoms with Gasteiger partial charge < -0.3 is 22.5 Å². The molecule has 0 N–H and O–H groups in total. The Labute approximate surface area is 804 Å². The van der Waals surface area contributed by atoms with Crippen molar-refractivity contribution in [3.8, 4) is 125 Å². The van der Waals surface area contributed by atoms with E-state index in [1.807, 2.05) is 206 Å². The highest BCUT2D eigenvalue weighted by atomic mass is 16.3. The standard InChI is InChI=1S/C46H30N4.C39H24N4O.C38H23N5O.2CH4/c1-4-14-31(15-5-1)40-29-41(32-16-6-2-7-17-32)48-46(47-40)33-24-26-35(27-25-33)50-43-23-13-11-21-37(43)39-28-38-36-20-10-12-22-42(36)49(44(38)30-45(39)50)34-18-8-3-9-19-34;1-3-11-25(12-4-1)37-40-38(26-13-5-2-6-14-26)42-39(41-37)27-19-21-28(22-20-27)43-32-17-9-7-16-31(32)35-33(43)24-23-30-29-15-8-10-18-34(29)44-36(30)35;1-3-12-24(13-4-1)36-40-37(25-14-5-2-6-15-25)42-38(41-36)29-18-11-21-33(39-29)43-30-19-9-7-17-28(30)34-31(43)23-22-27-26-16-8-10-20-32(26)44-35(27)34;;/h1-30H;1-24H;1-23H;2*1H4. The SMILES string of the molecule is C.C.c1ccc(-c2cc(-c3ccccc3)nc(-c3ccc(-n4c5ccccc5c5cc6c7ccccc7n(-c7ccccc7)c6cc54)cc3)n2)cc1.c1ccc(-c2nc(-c3ccccc3)nc(-c3ccc(-n4c5ccccc5c5c6oc7ccccc7c6ccc54)cc3)n2)cc1.c1ccc(-c2nc(-c3ccccc3)nc(-c3cccc(-n4c5ccccc5c5c6oc7ccccc7c6ccc54)n3)n2)cc1. The molecule has 10 heterocycles. The Kier molecular flexibility index (Phi) is 21.3. The topological polar surface area (TPSA) is 162 Å². The van der Waals surface area contributed by atoms with Crippen LogP contribution in [0.4, 0.5) is 0 Å². The van der Waals surface area contributed by atoms with E-state index in [1.165, 1.54) is 43.6 Å². The molecular weight excluding hydrogens is 1720 g/mol. The predicted molar refractivity (Wildman–Crippen MR) is 574 cm³/mol. The Bertz CT molecular complexity index is 9390. The third-order valence-electron chi connectivity index (χ3n) is 26.1. The molecule has 0 fully saturated rings. The van der Waals surface area contributed by atoms with E-state index in [4.69, 9.17) is 53.7 Å². The van der Waals surface area contributed by atoms with Gasteiger partial charge in [-0.3, -0.25) is 4.57 Å². The maximum atomic E-state index is 6.47. The van der Waals surface area contributed by atoms with Crippen LogP contribution in [0.2, 0.25) is 0 Å². The molecule has 15 heteroatoms. The van der Waals surface area contributed by atoms with Gasteiger partial charge >= 0.3 is 0 Å². The molecule has 0 aliphatic heterocycles. The second-order valence-electron chi connectivity index (χ2n) is 34.2. The third kappa shape index (κ3) is 14.8. The molecule has 662 valence electrons. The highest BCUT2D eigenvalue weighted by Crippen LogP contribution is 2.46. The first-order valence-electron chi connectivity index (χ1n) is 46.1. The lowest BCUT2D eigenvalue weighted by molar-refractivity contribution is 0.672. The lowest BCUT2D eigenvalue weighted by Gasteiger charge is -2.12. The van der Waals surface area contributed by atoms with Gasteiger partial charge in [0, 0.05) is 115 Å². The molecule has 0 spiro atoms. The Morgan fingerprint density at radius 1 is 0.157 bits per heavy atom. The Balaban J connectivity index is 0.000000113. The van der Waals surface area contributed by atoms with Gasteiger partial charge in [-0.2, -0.15) is 0 Å². The molecule has 0 atom stereocenters. The Morgan fingerprint density at radius 3 is 0.864 bits per heavy atom. The lowest BCUT2D eigenvalue weighted by Crippen LogP contribution is -2.03. The molecule has 18 aromatic carbocycles. The largest absolute Gasteiger partial charge is 0.455 e. The predicted octanol–water partition coefficient (Wildman–Crippen LogP) is 32.1. The third-order valence-corrected chi connectivity index (χ3v) is 26.1. The second kappa shape index (κ2) is 35.4. The average molecular weight is 1800 g/mol. The summed E-state index contributed by atoms with van der Waals surface area (Å²) in [6.07, 6.45) is 0. The quantitative estimate of drug-likeness (QED) is 0.108. The number of pyridine rings is 1. The summed E-state index contributed by atoms with van der Waals surface area (Å²) in [6.45, 7) is 0.